The van der Waals surface area contributed by atoms with Crippen molar-refractivity contribution in [2.45, 2.75) is 19.3 Å². The molecule has 0 radical (unpaired) electrons. The molecule has 0 unspecified atom stereocenters. The molecule has 1 aliphatic heterocycles. The molecule has 0 aliphatic carbocycles. The van der Waals surface area contributed by atoms with Gasteiger partial charge in [0.25, 0.3) is 5.91 Å². The molecule has 0 saturated carbocycles. The third-order valence-electron chi connectivity index (χ3n) is 3.21. The van der Waals surface area contributed by atoms with Crippen LogP contribution < -0.4 is 10.2 Å². The summed E-state index contributed by atoms with van der Waals surface area (Å²) < 4.78 is 0. The maximum atomic E-state index is 12.0. The Labute approximate surface area is 115 Å². The highest BCUT2D eigenvalue weighted by atomic mass is 16.2. The molecule has 2 N–H and O–H groups in total. The van der Waals surface area contributed by atoms with E-state index in [9.17, 15) is 4.79 Å². The molecular formula is C12H15N7O. The van der Waals surface area contributed by atoms with E-state index in [1.165, 1.54) is 19.1 Å². The van der Waals surface area contributed by atoms with Gasteiger partial charge in [-0.3, -0.25) is 10.1 Å². The Morgan fingerprint density at radius 3 is 2.75 bits per heavy atom. The van der Waals surface area contributed by atoms with E-state index < -0.39 is 0 Å². The highest BCUT2D eigenvalue weighted by Crippen LogP contribution is 2.17. The number of carbonyl (C=O) groups excluding carboxylic acids is 1. The highest BCUT2D eigenvalue weighted by Gasteiger charge is 2.15. The molecule has 2 aromatic rings. The molecule has 0 bridgehead atoms. The van der Waals surface area contributed by atoms with Gasteiger partial charge in [0.05, 0.1) is 0 Å². The van der Waals surface area contributed by atoms with Gasteiger partial charge in [0.1, 0.15) is 24.2 Å². The van der Waals surface area contributed by atoms with Crippen molar-refractivity contribution in [3.05, 3.63) is 24.4 Å². The standard InChI is InChI=1S/C12H15N7O/c20-11(17-12-15-8-16-18-12)9-6-10(14-7-13-9)19-4-2-1-3-5-19/h6-8H,1-5H2,(H2,15,16,17,18,20). The average Bonchev–Trinajstić information content (AvgIpc) is 3.01. The Kier molecular flexibility index (Phi) is 3.53. The van der Waals surface area contributed by atoms with Crippen LogP contribution in [0.3, 0.4) is 0 Å². The van der Waals surface area contributed by atoms with Gasteiger partial charge in [0.15, 0.2) is 0 Å². The number of nitrogens with zero attached hydrogens (tertiary/aromatic N) is 5. The van der Waals surface area contributed by atoms with Gasteiger partial charge in [0.2, 0.25) is 5.95 Å². The summed E-state index contributed by atoms with van der Waals surface area (Å²) in [6.45, 7) is 1.94. The van der Waals surface area contributed by atoms with Crippen LogP contribution in [0, 0.1) is 0 Å². The van der Waals surface area contributed by atoms with Crippen LogP contribution >= 0.6 is 0 Å². The summed E-state index contributed by atoms with van der Waals surface area (Å²) in [5, 5.41) is 8.83. The lowest BCUT2D eigenvalue weighted by atomic mass is 10.1. The molecule has 1 saturated heterocycles. The topological polar surface area (TPSA) is 99.7 Å². The maximum Gasteiger partial charge on any atom is 0.276 e. The van der Waals surface area contributed by atoms with Crippen molar-refractivity contribution in [3.8, 4) is 0 Å². The van der Waals surface area contributed by atoms with Crippen LogP contribution in [0.2, 0.25) is 0 Å². The molecule has 8 heteroatoms. The fourth-order valence-corrected chi connectivity index (χ4v) is 2.20. The number of aromatic nitrogens is 5. The van der Waals surface area contributed by atoms with Gasteiger partial charge in [-0.05, 0) is 19.3 Å². The fourth-order valence-electron chi connectivity index (χ4n) is 2.20. The molecule has 2 aromatic heterocycles. The first kappa shape index (κ1) is 12.5. The van der Waals surface area contributed by atoms with Crippen molar-refractivity contribution < 1.29 is 4.79 Å². The minimum Gasteiger partial charge on any atom is -0.357 e. The Morgan fingerprint density at radius 2 is 2.00 bits per heavy atom. The van der Waals surface area contributed by atoms with E-state index in [-0.39, 0.29) is 5.91 Å². The van der Waals surface area contributed by atoms with Crippen molar-refractivity contribution in [2.24, 2.45) is 0 Å². The van der Waals surface area contributed by atoms with Gasteiger partial charge in [-0.1, -0.05) is 0 Å². The molecule has 3 heterocycles. The summed E-state index contributed by atoms with van der Waals surface area (Å²) >= 11 is 0. The Balaban J connectivity index is 1.74. The summed E-state index contributed by atoms with van der Waals surface area (Å²) in [6, 6.07) is 1.71. The van der Waals surface area contributed by atoms with E-state index in [2.05, 4.69) is 35.4 Å². The zero-order valence-corrected chi connectivity index (χ0v) is 10.9. The van der Waals surface area contributed by atoms with Crippen molar-refractivity contribution in [3.63, 3.8) is 0 Å². The summed E-state index contributed by atoms with van der Waals surface area (Å²) in [7, 11) is 0. The second-order valence-electron chi connectivity index (χ2n) is 4.60. The number of aromatic amines is 1. The number of hydrogen-bond donors (Lipinski definition) is 2. The maximum absolute atomic E-state index is 12.0. The summed E-state index contributed by atoms with van der Waals surface area (Å²) in [5.74, 6) is 0.762. The first-order valence-electron chi connectivity index (χ1n) is 6.56. The largest absolute Gasteiger partial charge is 0.357 e. The minimum atomic E-state index is -0.331. The van der Waals surface area contributed by atoms with Crippen LogP contribution in [0.25, 0.3) is 0 Å². The van der Waals surface area contributed by atoms with Crippen LogP contribution in [0.1, 0.15) is 29.8 Å². The van der Waals surface area contributed by atoms with Crippen LogP contribution in [0.5, 0.6) is 0 Å². The van der Waals surface area contributed by atoms with Gasteiger partial charge in [0, 0.05) is 19.2 Å². The second kappa shape index (κ2) is 5.64. The van der Waals surface area contributed by atoms with Gasteiger partial charge in [-0.25, -0.2) is 15.1 Å². The summed E-state index contributed by atoms with van der Waals surface area (Å²) in [5.41, 5.74) is 0.317. The number of H-pyrrole nitrogens is 1. The molecule has 0 aromatic carbocycles. The average molecular weight is 273 g/mol. The molecular weight excluding hydrogens is 258 g/mol. The molecule has 1 aliphatic rings. The quantitative estimate of drug-likeness (QED) is 0.859. The Bertz CT molecular complexity index is 577. The third kappa shape index (κ3) is 2.73. The number of amides is 1. The number of nitrogens with one attached hydrogen (secondary N) is 2. The van der Waals surface area contributed by atoms with Crippen molar-refractivity contribution >= 4 is 17.7 Å². The molecule has 3 rings (SSSR count). The second-order valence-corrected chi connectivity index (χ2v) is 4.60. The van der Waals surface area contributed by atoms with E-state index in [4.69, 9.17) is 0 Å². The molecule has 0 spiro atoms. The first-order valence-corrected chi connectivity index (χ1v) is 6.56. The predicted octanol–water partition coefficient (Wildman–Crippen LogP) is 0.837. The lowest BCUT2D eigenvalue weighted by Crippen LogP contribution is -2.30. The van der Waals surface area contributed by atoms with Crippen LogP contribution in [-0.4, -0.2) is 44.1 Å². The summed E-state index contributed by atoms with van der Waals surface area (Å²) in [6.07, 6.45) is 6.31. The van der Waals surface area contributed by atoms with E-state index in [0.29, 0.717) is 11.6 Å². The van der Waals surface area contributed by atoms with E-state index >= 15 is 0 Å². The van der Waals surface area contributed by atoms with Gasteiger partial charge < -0.3 is 4.90 Å². The van der Waals surface area contributed by atoms with Crippen LogP contribution in [0.4, 0.5) is 11.8 Å². The van der Waals surface area contributed by atoms with Gasteiger partial charge in [-0.2, -0.15) is 10.1 Å². The monoisotopic (exact) mass is 273 g/mol. The van der Waals surface area contributed by atoms with Gasteiger partial charge >= 0.3 is 0 Å². The van der Waals surface area contributed by atoms with E-state index in [1.807, 2.05) is 0 Å². The number of anilines is 2. The number of carbonyl (C=O) groups is 1. The third-order valence-corrected chi connectivity index (χ3v) is 3.21. The fraction of sp³-hybridized carbons (Fsp3) is 0.417. The van der Waals surface area contributed by atoms with Crippen LogP contribution in [0.15, 0.2) is 18.7 Å². The normalized spacial score (nSPS) is 15.1. The number of rotatable bonds is 3. The molecule has 0 atom stereocenters. The summed E-state index contributed by atoms with van der Waals surface area (Å²) in [4.78, 5) is 26.3. The molecule has 20 heavy (non-hydrogen) atoms. The number of piperidine rings is 1. The molecule has 1 fully saturated rings. The molecule has 104 valence electrons. The smallest absolute Gasteiger partial charge is 0.276 e. The van der Waals surface area contributed by atoms with Crippen LogP contribution in [-0.2, 0) is 0 Å². The lowest BCUT2D eigenvalue weighted by molar-refractivity contribution is 0.102. The van der Waals surface area contributed by atoms with Crippen molar-refractivity contribution in [1.82, 2.24) is 25.1 Å². The number of hydrogen-bond acceptors (Lipinski definition) is 6. The SMILES string of the molecule is O=C(Nc1ncn[nH]1)c1cc(N2CCCCC2)ncn1. The van der Waals surface area contributed by atoms with E-state index in [1.54, 1.807) is 6.07 Å². The Morgan fingerprint density at radius 1 is 1.15 bits per heavy atom. The zero-order valence-electron chi connectivity index (χ0n) is 10.9. The Hall–Kier alpha value is -2.51. The minimum absolute atomic E-state index is 0.299. The predicted molar refractivity (Wildman–Crippen MR) is 72.4 cm³/mol. The van der Waals surface area contributed by atoms with Crippen molar-refractivity contribution in [2.75, 3.05) is 23.3 Å². The highest BCUT2D eigenvalue weighted by molar-refractivity contribution is 6.02. The lowest BCUT2D eigenvalue weighted by Gasteiger charge is -2.27. The molecule has 8 nitrogen and oxygen atoms in total. The first-order chi connectivity index (χ1) is 9.83. The van der Waals surface area contributed by atoms with Crippen molar-refractivity contribution in [1.29, 1.82) is 0 Å². The van der Waals surface area contributed by atoms with Gasteiger partial charge in [-0.15, -0.1) is 0 Å². The molecule has 1 amide bonds. The zero-order chi connectivity index (χ0) is 13.8. The van der Waals surface area contributed by atoms with E-state index in [0.717, 1.165) is 31.7 Å².